The van der Waals surface area contributed by atoms with Gasteiger partial charge in [-0.15, -0.1) is 0 Å². The topological polar surface area (TPSA) is 38.8 Å². The predicted molar refractivity (Wildman–Crippen MR) is 109 cm³/mol. The quantitative estimate of drug-likeness (QED) is 0.651. The summed E-state index contributed by atoms with van der Waals surface area (Å²) in [6.45, 7) is 5.83. The van der Waals surface area contributed by atoms with Gasteiger partial charge in [-0.2, -0.15) is 0 Å². The van der Waals surface area contributed by atoms with E-state index >= 15 is 0 Å². The molecule has 0 amide bonds. The molecule has 1 aliphatic rings. The van der Waals surface area contributed by atoms with Crippen molar-refractivity contribution >= 4 is 11.5 Å². The Kier molecular flexibility index (Phi) is 6.22. The summed E-state index contributed by atoms with van der Waals surface area (Å²) in [5.41, 5.74) is 2.79. The van der Waals surface area contributed by atoms with Gasteiger partial charge in [0.2, 0.25) is 0 Å². The number of ketones is 1. The molecule has 0 atom stereocenters. The van der Waals surface area contributed by atoms with Gasteiger partial charge in [0.25, 0.3) is 0 Å². The zero-order chi connectivity index (χ0) is 20.3. The first-order valence-corrected chi connectivity index (χ1v) is 9.75. The molecule has 0 aromatic heterocycles. The Bertz CT molecular complexity index is 824. The number of benzene rings is 2. The highest BCUT2D eigenvalue weighted by Crippen LogP contribution is 2.42. The van der Waals surface area contributed by atoms with Crippen molar-refractivity contribution in [3.63, 3.8) is 0 Å². The summed E-state index contributed by atoms with van der Waals surface area (Å²) in [6, 6.07) is 10.0. The highest BCUT2D eigenvalue weighted by Gasteiger charge is 2.28. The number of hydrogen-bond donors (Lipinski definition) is 0. The molecule has 0 bridgehead atoms. The van der Waals surface area contributed by atoms with Crippen molar-refractivity contribution in [2.75, 3.05) is 32.2 Å². The van der Waals surface area contributed by atoms with E-state index in [0.29, 0.717) is 11.5 Å². The molecule has 3 rings (SSSR count). The number of carbonyl (C=O) groups excluding carboxylic acids is 1. The van der Waals surface area contributed by atoms with Crippen molar-refractivity contribution in [3.8, 4) is 11.5 Å². The molecule has 4 nitrogen and oxygen atoms in total. The lowest BCUT2D eigenvalue weighted by molar-refractivity contribution is 0.0900. The van der Waals surface area contributed by atoms with Gasteiger partial charge < -0.3 is 14.4 Å². The number of rotatable bonds is 6. The Labute approximate surface area is 166 Å². The normalized spacial score (nSPS) is 15.0. The summed E-state index contributed by atoms with van der Waals surface area (Å²) < 4.78 is 24.3. The van der Waals surface area contributed by atoms with Gasteiger partial charge in [-0.25, -0.2) is 4.39 Å². The molecule has 0 aliphatic carbocycles. The van der Waals surface area contributed by atoms with Crippen molar-refractivity contribution in [2.24, 2.45) is 5.92 Å². The molecule has 2 aromatic carbocycles. The second-order valence-corrected chi connectivity index (χ2v) is 7.56. The third kappa shape index (κ3) is 4.13. The average Bonchev–Trinajstić information content (AvgIpc) is 2.72. The summed E-state index contributed by atoms with van der Waals surface area (Å²) in [6.07, 6.45) is 1.52. The molecule has 0 spiro atoms. The number of ether oxygens (including phenoxy) is 2. The SMILES string of the molecule is COc1cc(C(C)C)cc(N2CCC(C(=O)c3ccc(F)cc3)CC2)c1OC. The van der Waals surface area contributed by atoms with Crippen LogP contribution in [0.3, 0.4) is 0 Å². The van der Waals surface area contributed by atoms with E-state index in [0.717, 1.165) is 43.1 Å². The van der Waals surface area contributed by atoms with E-state index in [-0.39, 0.29) is 17.5 Å². The lowest BCUT2D eigenvalue weighted by Crippen LogP contribution is -2.36. The third-order valence-electron chi connectivity index (χ3n) is 5.48. The highest BCUT2D eigenvalue weighted by molar-refractivity contribution is 5.98. The molecule has 0 saturated carbocycles. The fourth-order valence-electron chi connectivity index (χ4n) is 3.77. The first-order chi connectivity index (χ1) is 13.4. The summed E-state index contributed by atoms with van der Waals surface area (Å²) >= 11 is 0. The minimum Gasteiger partial charge on any atom is -0.493 e. The molecule has 1 saturated heterocycles. The number of hydrogen-bond acceptors (Lipinski definition) is 4. The van der Waals surface area contributed by atoms with Gasteiger partial charge in [0.15, 0.2) is 17.3 Å². The fraction of sp³-hybridized carbons (Fsp3) is 0.435. The Morgan fingerprint density at radius 2 is 1.71 bits per heavy atom. The molecule has 2 aromatic rings. The maximum atomic E-state index is 13.1. The van der Waals surface area contributed by atoms with Crippen LogP contribution >= 0.6 is 0 Å². The number of anilines is 1. The van der Waals surface area contributed by atoms with E-state index in [1.165, 1.54) is 17.7 Å². The van der Waals surface area contributed by atoms with Crippen molar-refractivity contribution in [3.05, 3.63) is 53.3 Å². The molecule has 0 radical (unpaired) electrons. The number of carbonyl (C=O) groups is 1. The van der Waals surface area contributed by atoms with Gasteiger partial charge in [-0.3, -0.25) is 4.79 Å². The lowest BCUT2D eigenvalue weighted by atomic mass is 9.88. The minimum atomic E-state index is -0.322. The Balaban J connectivity index is 1.78. The fourth-order valence-corrected chi connectivity index (χ4v) is 3.77. The molecule has 150 valence electrons. The zero-order valence-electron chi connectivity index (χ0n) is 17.0. The van der Waals surface area contributed by atoms with Crippen molar-refractivity contribution in [2.45, 2.75) is 32.6 Å². The van der Waals surface area contributed by atoms with Gasteiger partial charge in [0.1, 0.15) is 5.82 Å². The van der Waals surface area contributed by atoms with E-state index in [1.807, 2.05) is 6.07 Å². The predicted octanol–water partition coefficient (Wildman–Crippen LogP) is 5.07. The average molecular weight is 385 g/mol. The van der Waals surface area contributed by atoms with Crippen LogP contribution < -0.4 is 14.4 Å². The Hall–Kier alpha value is -2.56. The van der Waals surface area contributed by atoms with Crippen LogP contribution in [0.15, 0.2) is 36.4 Å². The van der Waals surface area contributed by atoms with Gasteiger partial charge in [-0.05, 0) is 60.7 Å². The van der Waals surface area contributed by atoms with Gasteiger partial charge in [-0.1, -0.05) is 13.8 Å². The van der Waals surface area contributed by atoms with Gasteiger partial charge in [0.05, 0.1) is 19.9 Å². The maximum Gasteiger partial charge on any atom is 0.184 e. The summed E-state index contributed by atoms with van der Waals surface area (Å²) in [5, 5.41) is 0. The maximum absolute atomic E-state index is 13.1. The van der Waals surface area contributed by atoms with Gasteiger partial charge >= 0.3 is 0 Å². The second-order valence-electron chi connectivity index (χ2n) is 7.56. The molecule has 28 heavy (non-hydrogen) atoms. The zero-order valence-corrected chi connectivity index (χ0v) is 17.0. The van der Waals surface area contributed by atoms with Crippen LogP contribution in [0, 0.1) is 11.7 Å². The number of nitrogens with zero attached hydrogens (tertiary/aromatic N) is 1. The minimum absolute atomic E-state index is 0.0390. The first kappa shape index (κ1) is 20.2. The molecule has 1 fully saturated rings. The molecule has 1 heterocycles. The number of methoxy groups -OCH3 is 2. The second kappa shape index (κ2) is 8.63. The standard InChI is InChI=1S/C23H28FNO3/c1-15(2)18-13-20(23(28-4)21(14-18)27-3)25-11-9-17(10-12-25)22(26)16-5-7-19(24)8-6-16/h5-8,13-15,17H,9-12H2,1-4H3. The smallest absolute Gasteiger partial charge is 0.184 e. The first-order valence-electron chi connectivity index (χ1n) is 9.75. The van der Waals surface area contributed by atoms with Crippen LogP contribution in [0.4, 0.5) is 10.1 Å². The van der Waals surface area contributed by atoms with E-state index in [9.17, 15) is 9.18 Å². The number of Topliss-reactive ketones (excluding diaryl/α,β-unsaturated/α-hetero) is 1. The Morgan fingerprint density at radius 1 is 1.07 bits per heavy atom. The van der Waals surface area contributed by atoms with Crippen LogP contribution in [-0.4, -0.2) is 33.1 Å². The van der Waals surface area contributed by atoms with E-state index in [2.05, 4.69) is 24.8 Å². The highest BCUT2D eigenvalue weighted by atomic mass is 19.1. The van der Waals surface area contributed by atoms with Crippen molar-refractivity contribution in [1.29, 1.82) is 0 Å². The lowest BCUT2D eigenvalue weighted by Gasteiger charge is -2.34. The van der Waals surface area contributed by atoms with Crippen LogP contribution in [-0.2, 0) is 0 Å². The van der Waals surface area contributed by atoms with Crippen molar-refractivity contribution < 1.29 is 18.7 Å². The van der Waals surface area contributed by atoms with Crippen LogP contribution in [0.1, 0.15) is 48.5 Å². The monoisotopic (exact) mass is 385 g/mol. The largest absolute Gasteiger partial charge is 0.493 e. The van der Waals surface area contributed by atoms with Crippen LogP contribution in [0.25, 0.3) is 0 Å². The van der Waals surface area contributed by atoms with E-state index < -0.39 is 0 Å². The van der Waals surface area contributed by atoms with Crippen molar-refractivity contribution in [1.82, 2.24) is 0 Å². The molecular formula is C23H28FNO3. The molecular weight excluding hydrogens is 357 g/mol. The van der Waals surface area contributed by atoms with Crippen LogP contribution in [0.2, 0.25) is 0 Å². The van der Waals surface area contributed by atoms with E-state index in [1.54, 1.807) is 26.4 Å². The summed E-state index contributed by atoms with van der Waals surface area (Å²) in [5.74, 6) is 1.57. The molecule has 0 unspecified atom stereocenters. The number of halogens is 1. The third-order valence-corrected chi connectivity index (χ3v) is 5.48. The Morgan fingerprint density at radius 3 is 2.25 bits per heavy atom. The van der Waals surface area contributed by atoms with E-state index in [4.69, 9.17) is 9.47 Å². The van der Waals surface area contributed by atoms with Gasteiger partial charge in [0, 0.05) is 24.6 Å². The molecule has 1 aliphatic heterocycles. The number of piperidine rings is 1. The molecule has 0 N–H and O–H groups in total. The van der Waals surface area contributed by atoms with Crippen LogP contribution in [0.5, 0.6) is 11.5 Å². The summed E-state index contributed by atoms with van der Waals surface area (Å²) in [7, 11) is 3.31. The summed E-state index contributed by atoms with van der Waals surface area (Å²) in [4.78, 5) is 15.0. The molecule has 5 heteroatoms.